The summed E-state index contributed by atoms with van der Waals surface area (Å²) in [4.78, 5) is 26.4. The van der Waals surface area contributed by atoms with Crippen LogP contribution in [0.4, 0.5) is 5.69 Å². The van der Waals surface area contributed by atoms with Crippen LogP contribution >= 0.6 is 0 Å². The molecule has 2 aliphatic rings. The summed E-state index contributed by atoms with van der Waals surface area (Å²) in [6, 6.07) is 4.46. The molecule has 2 aliphatic heterocycles. The van der Waals surface area contributed by atoms with E-state index in [9.17, 15) is 18.0 Å². The first-order valence-electron chi connectivity index (χ1n) is 9.64. The zero-order valence-corrected chi connectivity index (χ0v) is 17.6. The van der Waals surface area contributed by atoms with E-state index in [-0.39, 0.29) is 48.8 Å². The topological polar surface area (TPSA) is 114 Å². The number of amides is 2. The number of nitrogens with one attached hydrogen (secondary N) is 2. The highest BCUT2D eigenvalue weighted by Gasteiger charge is 2.39. The lowest BCUT2D eigenvalue weighted by Gasteiger charge is -2.42. The molecule has 160 valence electrons. The molecule has 0 bridgehead atoms. The molecule has 2 N–H and O–H groups in total. The summed E-state index contributed by atoms with van der Waals surface area (Å²) in [6.45, 7) is 1.78. The van der Waals surface area contributed by atoms with Crippen molar-refractivity contribution in [1.29, 1.82) is 0 Å². The smallest absolute Gasteiger partial charge is 0.257 e. The Kier molecular flexibility index (Phi) is 6.33. The number of benzene rings is 1. The quantitative estimate of drug-likeness (QED) is 0.727. The van der Waals surface area contributed by atoms with Crippen LogP contribution < -0.4 is 14.8 Å². The zero-order valence-electron chi connectivity index (χ0n) is 16.8. The number of carbonyl (C=O) groups is 2. The van der Waals surface area contributed by atoms with E-state index in [2.05, 4.69) is 10.0 Å². The molecule has 9 nitrogen and oxygen atoms in total. The summed E-state index contributed by atoms with van der Waals surface area (Å²) in [5.74, 6) is -0.0401. The normalized spacial score (nSPS) is 24.4. The van der Waals surface area contributed by atoms with E-state index in [0.717, 1.165) is 0 Å². The van der Waals surface area contributed by atoms with Crippen molar-refractivity contribution in [2.75, 3.05) is 31.2 Å². The fourth-order valence-electron chi connectivity index (χ4n) is 3.65. The molecule has 0 radical (unpaired) electrons. The van der Waals surface area contributed by atoms with E-state index < -0.39 is 10.0 Å². The van der Waals surface area contributed by atoms with E-state index in [1.54, 1.807) is 38.1 Å². The number of carbonyl (C=O) groups excluding carboxylic acids is 2. The summed E-state index contributed by atoms with van der Waals surface area (Å²) in [5, 5.41) is 2.60. The molecule has 1 aromatic carbocycles. The number of rotatable bonds is 5. The van der Waals surface area contributed by atoms with Crippen molar-refractivity contribution in [3.63, 3.8) is 0 Å². The Bertz CT molecular complexity index is 888. The van der Waals surface area contributed by atoms with Gasteiger partial charge < -0.3 is 19.7 Å². The van der Waals surface area contributed by atoms with Crippen LogP contribution in [0, 0.1) is 0 Å². The molecule has 0 aromatic heterocycles. The van der Waals surface area contributed by atoms with Crippen molar-refractivity contribution in [2.24, 2.45) is 0 Å². The predicted octanol–water partition coefficient (Wildman–Crippen LogP) is 0.965. The molecule has 0 saturated carbocycles. The third-order valence-electron chi connectivity index (χ3n) is 5.36. The second-order valence-electron chi connectivity index (χ2n) is 7.26. The molecule has 0 unspecified atom stereocenters. The summed E-state index contributed by atoms with van der Waals surface area (Å²) in [5.41, 5.74) is 0.619. The van der Waals surface area contributed by atoms with E-state index in [1.807, 2.05) is 0 Å². The van der Waals surface area contributed by atoms with Gasteiger partial charge in [0.05, 0.1) is 29.9 Å². The molecule has 29 heavy (non-hydrogen) atoms. The summed E-state index contributed by atoms with van der Waals surface area (Å²) < 4.78 is 38.1. The maximum Gasteiger partial charge on any atom is 0.257 e. The number of hydrogen-bond acceptors (Lipinski definition) is 6. The van der Waals surface area contributed by atoms with Crippen LogP contribution in [0.25, 0.3) is 0 Å². The Hall–Kier alpha value is -2.33. The highest BCUT2D eigenvalue weighted by atomic mass is 32.2. The number of nitrogens with zero attached hydrogens (tertiary/aromatic N) is 1. The highest BCUT2D eigenvalue weighted by molar-refractivity contribution is 7.92. The second kappa shape index (κ2) is 8.58. The van der Waals surface area contributed by atoms with Gasteiger partial charge in [0.1, 0.15) is 18.5 Å². The van der Waals surface area contributed by atoms with Crippen LogP contribution in [0.5, 0.6) is 5.75 Å². The Morgan fingerprint density at radius 3 is 2.76 bits per heavy atom. The molecule has 1 aromatic rings. The molecule has 1 fully saturated rings. The number of ether oxygens (including phenoxy) is 2. The lowest BCUT2D eigenvalue weighted by atomic mass is 9.94. The van der Waals surface area contributed by atoms with Crippen molar-refractivity contribution >= 4 is 27.5 Å². The Labute approximate surface area is 170 Å². The molecule has 1 saturated heterocycles. The van der Waals surface area contributed by atoms with Gasteiger partial charge in [-0.1, -0.05) is 0 Å². The van der Waals surface area contributed by atoms with Gasteiger partial charge in [0.15, 0.2) is 0 Å². The van der Waals surface area contributed by atoms with Gasteiger partial charge in [0.2, 0.25) is 15.9 Å². The minimum atomic E-state index is -3.45. The number of likely N-dealkylation sites (N-methyl/N-ethyl adjacent to an activating group) is 1. The van der Waals surface area contributed by atoms with Gasteiger partial charge in [-0.2, -0.15) is 0 Å². The van der Waals surface area contributed by atoms with Crippen molar-refractivity contribution in [3.8, 4) is 5.75 Å². The van der Waals surface area contributed by atoms with Gasteiger partial charge in [0.25, 0.3) is 5.91 Å². The number of sulfonamides is 1. The first-order valence-corrected chi connectivity index (χ1v) is 11.3. The van der Waals surface area contributed by atoms with Crippen molar-refractivity contribution in [3.05, 3.63) is 23.8 Å². The molecule has 2 heterocycles. The minimum absolute atomic E-state index is 0.0628. The summed E-state index contributed by atoms with van der Waals surface area (Å²) in [7, 11) is -0.155. The van der Waals surface area contributed by atoms with Crippen molar-refractivity contribution < 1.29 is 27.5 Å². The van der Waals surface area contributed by atoms with Crippen LogP contribution in [0.1, 0.15) is 36.5 Å². The van der Waals surface area contributed by atoms with Crippen molar-refractivity contribution in [2.45, 2.75) is 44.4 Å². The van der Waals surface area contributed by atoms with Crippen LogP contribution in [-0.2, 0) is 19.6 Å². The third-order valence-corrected chi connectivity index (χ3v) is 6.66. The highest BCUT2D eigenvalue weighted by Crippen LogP contribution is 2.32. The zero-order chi connectivity index (χ0) is 21.2. The predicted molar refractivity (Wildman–Crippen MR) is 107 cm³/mol. The standard InChI is InChI=1S/C19H27N3O6S/c1-4-29(25,26)21-12-5-8-16-14(9-12)19(24)22(3)15-7-6-13(10-18(23)20-2)28-17(15)11-27-16/h5,8-9,13,15,17,21H,4,6-7,10-11H2,1-3H3,(H,20,23)/t13-,15-,17-/m1/s1. The Balaban J connectivity index is 1.82. The molecule has 2 amide bonds. The minimum Gasteiger partial charge on any atom is -0.490 e. The number of hydrogen-bond donors (Lipinski definition) is 2. The molecule has 3 atom stereocenters. The van der Waals surface area contributed by atoms with Crippen LogP contribution in [0.3, 0.4) is 0 Å². The Morgan fingerprint density at radius 1 is 1.31 bits per heavy atom. The first kappa shape index (κ1) is 21.4. The van der Waals surface area contributed by atoms with E-state index >= 15 is 0 Å². The maximum atomic E-state index is 13.1. The average Bonchev–Trinajstić information content (AvgIpc) is 2.70. The fourth-order valence-corrected chi connectivity index (χ4v) is 4.28. The third kappa shape index (κ3) is 4.81. The lowest BCUT2D eigenvalue weighted by Crippen LogP contribution is -2.53. The van der Waals surface area contributed by atoms with E-state index in [4.69, 9.17) is 9.47 Å². The van der Waals surface area contributed by atoms with Gasteiger partial charge in [-0.15, -0.1) is 0 Å². The van der Waals surface area contributed by atoms with Gasteiger partial charge in [-0.3, -0.25) is 14.3 Å². The fraction of sp³-hybridized carbons (Fsp3) is 0.579. The van der Waals surface area contributed by atoms with Crippen LogP contribution in [0.2, 0.25) is 0 Å². The number of fused-ring (bicyclic) bond motifs is 2. The molecule has 10 heteroatoms. The summed E-state index contributed by atoms with van der Waals surface area (Å²) in [6.07, 6.45) is 1.06. The molecule has 0 aliphatic carbocycles. The Morgan fingerprint density at radius 2 is 2.07 bits per heavy atom. The largest absolute Gasteiger partial charge is 0.490 e. The van der Waals surface area contributed by atoms with Gasteiger partial charge in [0, 0.05) is 19.8 Å². The SMILES string of the molecule is CCS(=O)(=O)Nc1ccc2c(c1)C(=O)N(C)[C@@H]1CC[C@H](CC(=O)NC)O[C@@H]1CO2. The van der Waals surface area contributed by atoms with Gasteiger partial charge in [-0.05, 0) is 38.0 Å². The van der Waals surface area contributed by atoms with E-state index in [1.165, 1.54) is 6.07 Å². The lowest BCUT2D eigenvalue weighted by molar-refractivity contribution is -0.133. The molecule has 0 spiro atoms. The molecular weight excluding hydrogens is 398 g/mol. The maximum absolute atomic E-state index is 13.1. The van der Waals surface area contributed by atoms with E-state index in [0.29, 0.717) is 29.8 Å². The van der Waals surface area contributed by atoms with Gasteiger partial charge in [-0.25, -0.2) is 8.42 Å². The van der Waals surface area contributed by atoms with Gasteiger partial charge >= 0.3 is 0 Å². The summed E-state index contributed by atoms with van der Waals surface area (Å²) >= 11 is 0. The van der Waals surface area contributed by atoms with Crippen LogP contribution in [-0.4, -0.2) is 69.8 Å². The first-order chi connectivity index (χ1) is 13.7. The molecule has 3 rings (SSSR count). The monoisotopic (exact) mass is 425 g/mol. The van der Waals surface area contributed by atoms with Crippen molar-refractivity contribution in [1.82, 2.24) is 10.2 Å². The number of anilines is 1. The molecular formula is C19H27N3O6S. The van der Waals surface area contributed by atoms with Crippen LogP contribution in [0.15, 0.2) is 18.2 Å². The second-order valence-corrected chi connectivity index (χ2v) is 9.27. The average molecular weight is 426 g/mol.